The molecule has 1 atom stereocenters. The zero-order valence-electron chi connectivity index (χ0n) is 18.7. The number of hydrogen-bond acceptors (Lipinski definition) is 5. The van der Waals surface area contributed by atoms with E-state index in [-0.39, 0.29) is 24.4 Å². The minimum Gasteiger partial charge on any atom is -0.399 e. The third-order valence-corrected chi connectivity index (χ3v) is 7.91. The van der Waals surface area contributed by atoms with E-state index in [1.165, 1.54) is 18.4 Å². The Morgan fingerprint density at radius 1 is 1.00 bits per heavy atom. The second-order valence-corrected chi connectivity index (χ2v) is 10.4. The lowest BCUT2D eigenvalue weighted by Crippen LogP contribution is -2.41. The third kappa shape index (κ3) is 3.40. The van der Waals surface area contributed by atoms with Crippen molar-refractivity contribution in [1.29, 1.82) is 0 Å². The number of hydrogen-bond donors (Lipinski definition) is 1. The molecule has 1 aliphatic carbocycles. The van der Waals surface area contributed by atoms with Crippen LogP contribution in [0.2, 0.25) is 0 Å². The summed E-state index contributed by atoms with van der Waals surface area (Å²) in [5.74, 6) is 0. The number of β-amino-alcohol motifs (C(OH)–C–C–N with tert-alkyl or cyclic N) is 1. The summed E-state index contributed by atoms with van der Waals surface area (Å²) in [6.45, 7) is 10.3. The minimum atomic E-state index is -0.367. The van der Waals surface area contributed by atoms with Gasteiger partial charge in [0.1, 0.15) is 0 Å². The molecule has 162 valence electrons. The monoisotopic (exact) mass is 411 g/mol. The predicted molar refractivity (Wildman–Crippen MR) is 119 cm³/mol. The molecule has 0 amide bonds. The van der Waals surface area contributed by atoms with Crippen molar-refractivity contribution < 1.29 is 14.4 Å². The third-order valence-electron chi connectivity index (χ3n) is 7.91. The molecule has 1 saturated carbocycles. The van der Waals surface area contributed by atoms with Crippen LogP contribution in [0.25, 0.3) is 10.9 Å². The number of nitrogens with zero attached hydrogens (tertiary/aromatic N) is 3. The van der Waals surface area contributed by atoms with E-state index in [1.807, 2.05) is 6.20 Å². The van der Waals surface area contributed by atoms with Gasteiger partial charge in [-0.1, -0.05) is 12.1 Å². The first-order valence-electron chi connectivity index (χ1n) is 11.5. The van der Waals surface area contributed by atoms with E-state index in [2.05, 4.69) is 55.5 Å². The number of fused-ring (bicyclic) bond motifs is 1. The SMILES string of the molecule is CC1(C)OB(c2cccc3c2cnn3C2CCC(N3CC[C@@H](O)C3)CC2)OC1(C)C. The average Bonchev–Trinajstić information content (AvgIpc) is 3.38. The van der Waals surface area contributed by atoms with E-state index in [4.69, 9.17) is 14.4 Å². The summed E-state index contributed by atoms with van der Waals surface area (Å²) in [4.78, 5) is 2.48. The summed E-state index contributed by atoms with van der Waals surface area (Å²) in [7, 11) is -0.367. The molecule has 2 aliphatic heterocycles. The van der Waals surface area contributed by atoms with E-state index >= 15 is 0 Å². The Hall–Kier alpha value is -1.41. The first-order chi connectivity index (χ1) is 14.2. The highest BCUT2D eigenvalue weighted by molar-refractivity contribution is 6.65. The molecule has 1 N–H and O–H groups in total. The summed E-state index contributed by atoms with van der Waals surface area (Å²) in [6, 6.07) is 7.41. The van der Waals surface area contributed by atoms with Crippen molar-refractivity contribution >= 4 is 23.5 Å². The van der Waals surface area contributed by atoms with Gasteiger partial charge in [0.15, 0.2) is 0 Å². The maximum absolute atomic E-state index is 9.86. The second-order valence-electron chi connectivity index (χ2n) is 10.4. The number of benzene rings is 1. The lowest BCUT2D eigenvalue weighted by atomic mass is 9.77. The van der Waals surface area contributed by atoms with Crippen LogP contribution in [0.1, 0.15) is 65.8 Å². The molecule has 2 saturated heterocycles. The van der Waals surface area contributed by atoms with E-state index in [9.17, 15) is 5.11 Å². The molecule has 3 aliphatic rings. The van der Waals surface area contributed by atoms with Gasteiger partial charge in [-0.2, -0.15) is 5.10 Å². The van der Waals surface area contributed by atoms with Crippen LogP contribution in [0.3, 0.4) is 0 Å². The van der Waals surface area contributed by atoms with Crippen LogP contribution < -0.4 is 5.46 Å². The number of aromatic nitrogens is 2. The standard InChI is InChI=1S/C23H34BN3O3/c1-22(2)23(3,4)30-24(29-22)20-6-5-7-21-19(20)14-25-27(21)17-10-8-16(9-11-17)26-13-12-18(28)15-26/h5-7,14,16-18,28H,8-13,15H2,1-4H3/t16?,17?,18-/m1/s1. The molecule has 7 heteroatoms. The Labute approximate surface area is 179 Å². The molecule has 2 aromatic rings. The molecule has 0 spiro atoms. The average molecular weight is 411 g/mol. The van der Waals surface area contributed by atoms with E-state index in [0.29, 0.717) is 12.1 Å². The Balaban J connectivity index is 1.35. The number of likely N-dealkylation sites (tertiary alicyclic amines) is 1. The van der Waals surface area contributed by atoms with Crippen LogP contribution in [0.4, 0.5) is 0 Å². The van der Waals surface area contributed by atoms with Crippen LogP contribution in [0.15, 0.2) is 24.4 Å². The molecule has 1 aromatic heterocycles. The van der Waals surface area contributed by atoms with Crippen molar-refractivity contribution in [2.24, 2.45) is 0 Å². The molecule has 3 heterocycles. The van der Waals surface area contributed by atoms with Crippen LogP contribution in [0, 0.1) is 0 Å². The molecule has 3 fully saturated rings. The Kier molecular flexibility index (Phi) is 5.01. The topological polar surface area (TPSA) is 59.8 Å². The Morgan fingerprint density at radius 3 is 2.30 bits per heavy atom. The fourth-order valence-corrected chi connectivity index (χ4v) is 5.33. The van der Waals surface area contributed by atoms with E-state index in [1.54, 1.807) is 0 Å². The molecule has 30 heavy (non-hydrogen) atoms. The minimum absolute atomic E-state index is 0.133. The van der Waals surface area contributed by atoms with Gasteiger partial charge in [0, 0.05) is 24.5 Å². The van der Waals surface area contributed by atoms with Gasteiger partial charge in [-0.15, -0.1) is 0 Å². The van der Waals surface area contributed by atoms with Crippen molar-refractivity contribution in [2.75, 3.05) is 13.1 Å². The fourth-order valence-electron chi connectivity index (χ4n) is 5.33. The van der Waals surface area contributed by atoms with Gasteiger partial charge >= 0.3 is 7.12 Å². The Morgan fingerprint density at radius 2 is 1.67 bits per heavy atom. The van der Waals surface area contributed by atoms with Crippen molar-refractivity contribution in [2.45, 2.75) is 89.2 Å². The van der Waals surface area contributed by atoms with E-state index in [0.717, 1.165) is 43.2 Å². The number of aliphatic hydroxyl groups is 1. The molecular formula is C23H34BN3O3. The summed E-state index contributed by atoms with van der Waals surface area (Å²) in [5, 5.41) is 15.8. The summed E-state index contributed by atoms with van der Waals surface area (Å²) < 4.78 is 14.8. The van der Waals surface area contributed by atoms with Crippen molar-refractivity contribution in [3.63, 3.8) is 0 Å². The lowest BCUT2D eigenvalue weighted by Gasteiger charge is -2.34. The van der Waals surface area contributed by atoms with Gasteiger partial charge < -0.3 is 14.4 Å². The van der Waals surface area contributed by atoms with Gasteiger partial charge in [0.05, 0.1) is 35.1 Å². The zero-order chi connectivity index (χ0) is 21.1. The molecule has 0 bridgehead atoms. The lowest BCUT2D eigenvalue weighted by molar-refractivity contribution is 0.00578. The highest BCUT2D eigenvalue weighted by atomic mass is 16.7. The highest BCUT2D eigenvalue weighted by Gasteiger charge is 2.52. The maximum atomic E-state index is 9.86. The van der Waals surface area contributed by atoms with Crippen LogP contribution >= 0.6 is 0 Å². The van der Waals surface area contributed by atoms with Crippen LogP contribution in [-0.2, 0) is 9.31 Å². The van der Waals surface area contributed by atoms with Crippen LogP contribution in [0.5, 0.6) is 0 Å². The maximum Gasteiger partial charge on any atom is 0.495 e. The Bertz CT molecular complexity index is 904. The molecule has 6 nitrogen and oxygen atoms in total. The molecular weight excluding hydrogens is 377 g/mol. The summed E-state index contributed by atoms with van der Waals surface area (Å²) in [5.41, 5.74) is 1.54. The quantitative estimate of drug-likeness (QED) is 0.788. The summed E-state index contributed by atoms with van der Waals surface area (Å²) in [6.07, 6.45) is 7.39. The number of aliphatic hydroxyl groups excluding tert-OH is 1. The van der Waals surface area contributed by atoms with Crippen molar-refractivity contribution in [3.05, 3.63) is 24.4 Å². The fraction of sp³-hybridized carbons (Fsp3) is 0.696. The molecule has 5 rings (SSSR count). The second kappa shape index (κ2) is 7.33. The first-order valence-corrected chi connectivity index (χ1v) is 11.5. The van der Waals surface area contributed by atoms with Crippen LogP contribution in [-0.4, -0.2) is 63.3 Å². The smallest absolute Gasteiger partial charge is 0.399 e. The van der Waals surface area contributed by atoms with Gasteiger partial charge in [0.2, 0.25) is 0 Å². The highest BCUT2D eigenvalue weighted by Crippen LogP contribution is 2.38. The summed E-state index contributed by atoms with van der Waals surface area (Å²) >= 11 is 0. The van der Waals surface area contributed by atoms with Gasteiger partial charge in [-0.05, 0) is 71.3 Å². The number of rotatable bonds is 3. The largest absolute Gasteiger partial charge is 0.495 e. The van der Waals surface area contributed by atoms with Gasteiger partial charge in [-0.3, -0.25) is 9.58 Å². The van der Waals surface area contributed by atoms with Crippen molar-refractivity contribution in [3.8, 4) is 0 Å². The predicted octanol–water partition coefficient (Wildman–Crippen LogP) is 2.89. The van der Waals surface area contributed by atoms with Gasteiger partial charge in [-0.25, -0.2) is 0 Å². The molecule has 0 unspecified atom stereocenters. The van der Waals surface area contributed by atoms with E-state index < -0.39 is 0 Å². The zero-order valence-corrected chi connectivity index (χ0v) is 18.7. The molecule has 0 radical (unpaired) electrons. The van der Waals surface area contributed by atoms with Crippen molar-refractivity contribution in [1.82, 2.24) is 14.7 Å². The first kappa shape index (κ1) is 20.5. The van der Waals surface area contributed by atoms with Gasteiger partial charge in [0.25, 0.3) is 0 Å². The normalized spacial score (nSPS) is 31.6. The molecule has 1 aromatic carbocycles.